The number of rotatable bonds is 7. The Morgan fingerprint density at radius 1 is 1.19 bits per heavy atom. The van der Waals surface area contributed by atoms with E-state index in [9.17, 15) is 9.59 Å². The minimum absolute atomic E-state index is 0.0819. The van der Waals surface area contributed by atoms with Crippen LogP contribution in [0.4, 0.5) is 0 Å². The van der Waals surface area contributed by atoms with Crippen LogP contribution in [0.2, 0.25) is 5.02 Å². The smallest absolute Gasteiger partial charge is 0.266 e. The van der Waals surface area contributed by atoms with Gasteiger partial charge in [0.2, 0.25) is 5.91 Å². The second kappa shape index (κ2) is 9.06. The number of aromatic nitrogens is 2. The third-order valence-corrected chi connectivity index (χ3v) is 5.28. The number of unbranched alkanes of at least 4 members (excludes halogenated alkanes) is 1. The van der Waals surface area contributed by atoms with Gasteiger partial charge in [0.15, 0.2) is 5.16 Å². The highest BCUT2D eigenvalue weighted by Gasteiger charge is 2.16. The number of amides is 1. The van der Waals surface area contributed by atoms with Crippen LogP contribution >= 0.6 is 23.4 Å². The molecule has 0 radical (unpaired) electrons. The Labute approximate surface area is 166 Å². The molecule has 3 rings (SSSR count). The van der Waals surface area contributed by atoms with Crippen molar-refractivity contribution in [1.82, 2.24) is 14.9 Å². The summed E-state index contributed by atoms with van der Waals surface area (Å²) >= 11 is 7.55. The molecule has 0 unspecified atom stereocenters. The van der Waals surface area contributed by atoms with Crippen molar-refractivity contribution in [1.29, 1.82) is 0 Å². The first-order chi connectivity index (χ1) is 13.1. The predicted octanol–water partition coefficient (Wildman–Crippen LogP) is 4.05. The molecule has 5 nitrogen and oxygen atoms in total. The molecule has 0 atom stereocenters. The summed E-state index contributed by atoms with van der Waals surface area (Å²) in [6.07, 6.45) is 1.96. The number of nitrogens with zero attached hydrogens (tertiary/aromatic N) is 2. The summed E-state index contributed by atoms with van der Waals surface area (Å²) in [6, 6.07) is 14.3. The van der Waals surface area contributed by atoms with Crippen LogP contribution in [0.1, 0.15) is 19.8 Å². The molecule has 140 valence electrons. The zero-order valence-electron chi connectivity index (χ0n) is 14.9. The molecule has 0 aliphatic rings. The lowest BCUT2D eigenvalue weighted by atomic mass is 10.2. The number of fused-ring (bicyclic) bond motifs is 1. The van der Waals surface area contributed by atoms with Gasteiger partial charge in [-0.1, -0.05) is 61.0 Å². The molecule has 1 aromatic heterocycles. The van der Waals surface area contributed by atoms with Crippen LogP contribution in [0.25, 0.3) is 16.6 Å². The average Bonchev–Trinajstić information content (AvgIpc) is 2.68. The van der Waals surface area contributed by atoms with E-state index in [0.717, 1.165) is 12.8 Å². The lowest BCUT2D eigenvalue weighted by Gasteiger charge is -2.14. The maximum absolute atomic E-state index is 13.1. The van der Waals surface area contributed by atoms with Gasteiger partial charge in [-0.15, -0.1) is 0 Å². The van der Waals surface area contributed by atoms with Gasteiger partial charge in [-0.05, 0) is 30.7 Å². The van der Waals surface area contributed by atoms with E-state index in [-0.39, 0.29) is 17.2 Å². The highest BCUT2D eigenvalue weighted by atomic mass is 35.5. The van der Waals surface area contributed by atoms with Crippen molar-refractivity contribution in [3.8, 4) is 5.69 Å². The van der Waals surface area contributed by atoms with Crippen molar-refractivity contribution >= 4 is 40.2 Å². The van der Waals surface area contributed by atoms with Crippen LogP contribution in [0, 0.1) is 0 Å². The number of carbonyl (C=O) groups excluding carboxylic acids is 1. The molecule has 2 aromatic carbocycles. The Morgan fingerprint density at radius 2 is 1.93 bits per heavy atom. The van der Waals surface area contributed by atoms with E-state index < -0.39 is 0 Å². The molecule has 0 saturated heterocycles. The van der Waals surface area contributed by atoms with Crippen molar-refractivity contribution < 1.29 is 4.79 Å². The fourth-order valence-corrected chi connectivity index (χ4v) is 3.70. The van der Waals surface area contributed by atoms with Crippen molar-refractivity contribution in [2.24, 2.45) is 0 Å². The summed E-state index contributed by atoms with van der Waals surface area (Å²) in [4.78, 5) is 29.8. The third-order valence-electron chi connectivity index (χ3n) is 4.02. The van der Waals surface area contributed by atoms with E-state index in [1.54, 1.807) is 36.4 Å². The van der Waals surface area contributed by atoms with Crippen molar-refractivity contribution in [2.75, 3.05) is 12.3 Å². The monoisotopic (exact) mass is 401 g/mol. The summed E-state index contributed by atoms with van der Waals surface area (Å²) in [6.45, 7) is 2.72. The summed E-state index contributed by atoms with van der Waals surface area (Å²) in [5, 5.41) is 4.28. The largest absolute Gasteiger partial charge is 0.355 e. The van der Waals surface area contributed by atoms with Crippen LogP contribution in [0.15, 0.2) is 58.5 Å². The highest BCUT2D eigenvalue weighted by Crippen LogP contribution is 2.25. The van der Waals surface area contributed by atoms with Gasteiger partial charge in [0.25, 0.3) is 5.56 Å². The molecular weight excluding hydrogens is 382 g/mol. The van der Waals surface area contributed by atoms with Crippen LogP contribution in [0.3, 0.4) is 0 Å². The topological polar surface area (TPSA) is 64.0 Å². The normalized spacial score (nSPS) is 10.9. The number of thioether (sulfide) groups is 1. The number of hydrogen-bond acceptors (Lipinski definition) is 4. The van der Waals surface area contributed by atoms with Gasteiger partial charge in [-0.2, -0.15) is 0 Å². The van der Waals surface area contributed by atoms with E-state index in [2.05, 4.69) is 17.2 Å². The first-order valence-corrected chi connectivity index (χ1v) is 10.1. The summed E-state index contributed by atoms with van der Waals surface area (Å²) < 4.78 is 1.48. The summed E-state index contributed by atoms with van der Waals surface area (Å²) in [7, 11) is 0. The Morgan fingerprint density at radius 3 is 2.70 bits per heavy atom. The number of carbonyl (C=O) groups is 1. The first kappa shape index (κ1) is 19.5. The number of halogens is 1. The van der Waals surface area contributed by atoms with E-state index in [1.807, 2.05) is 12.1 Å². The zero-order valence-corrected chi connectivity index (χ0v) is 16.5. The molecule has 1 heterocycles. The number of nitrogens with one attached hydrogen (secondary N) is 1. The Kier molecular flexibility index (Phi) is 6.53. The third kappa shape index (κ3) is 4.51. The van der Waals surface area contributed by atoms with Gasteiger partial charge in [-0.3, -0.25) is 14.2 Å². The van der Waals surface area contributed by atoms with Crippen molar-refractivity contribution in [2.45, 2.75) is 24.9 Å². The molecule has 1 N–H and O–H groups in total. The average molecular weight is 402 g/mol. The van der Waals surface area contributed by atoms with Gasteiger partial charge in [0.1, 0.15) is 0 Å². The van der Waals surface area contributed by atoms with Crippen LogP contribution in [-0.2, 0) is 4.79 Å². The first-order valence-electron chi connectivity index (χ1n) is 8.78. The molecule has 27 heavy (non-hydrogen) atoms. The van der Waals surface area contributed by atoms with Crippen LogP contribution < -0.4 is 10.9 Å². The maximum atomic E-state index is 13.1. The fraction of sp³-hybridized carbons (Fsp3) is 0.250. The molecule has 0 bridgehead atoms. The van der Waals surface area contributed by atoms with E-state index in [0.29, 0.717) is 33.3 Å². The number of hydrogen-bond donors (Lipinski definition) is 1. The van der Waals surface area contributed by atoms with Crippen LogP contribution in [0.5, 0.6) is 0 Å². The Bertz CT molecular complexity index is 1020. The Balaban J connectivity index is 2.00. The lowest BCUT2D eigenvalue weighted by Crippen LogP contribution is -2.27. The second-order valence-electron chi connectivity index (χ2n) is 6.00. The molecule has 0 saturated carbocycles. The molecule has 0 fully saturated rings. The van der Waals surface area contributed by atoms with Gasteiger partial charge < -0.3 is 5.32 Å². The second-order valence-corrected chi connectivity index (χ2v) is 7.35. The quantitative estimate of drug-likeness (QED) is 0.368. The van der Waals surface area contributed by atoms with Gasteiger partial charge in [0, 0.05) is 6.54 Å². The molecule has 0 spiro atoms. The van der Waals surface area contributed by atoms with E-state index >= 15 is 0 Å². The molecule has 1 amide bonds. The standard InChI is InChI=1S/C20H20ClN3O2S/c1-2-3-12-22-18(25)13-27-20-23-16-10-6-4-8-14(16)19(26)24(20)17-11-7-5-9-15(17)21/h4-11H,2-3,12-13H2,1H3,(H,22,25). The summed E-state index contributed by atoms with van der Waals surface area (Å²) in [5.74, 6) is 0.0976. The minimum Gasteiger partial charge on any atom is -0.355 e. The maximum Gasteiger partial charge on any atom is 0.266 e. The molecule has 7 heteroatoms. The van der Waals surface area contributed by atoms with E-state index in [4.69, 9.17) is 11.6 Å². The predicted molar refractivity (Wildman–Crippen MR) is 111 cm³/mol. The molecule has 0 aliphatic carbocycles. The molecular formula is C20H20ClN3O2S. The lowest BCUT2D eigenvalue weighted by molar-refractivity contribution is -0.118. The van der Waals surface area contributed by atoms with Crippen molar-refractivity contribution in [3.63, 3.8) is 0 Å². The fourth-order valence-electron chi connectivity index (χ4n) is 2.64. The SMILES string of the molecule is CCCCNC(=O)CSc1nc2ccccc2c(=O)n1-c1ccccc1Cl. The Hall–Kier alpha value is -2.31. The summed E-state index contributed by atoms with van der Waals surface area (Å²) in [5.41, 5.74) is 0.943. The van der Waals surface area contributed by atoms with Crippen LogP contribution in [-0.4, -0.2) is 27.8 Å². The zero-order chi connectivity index (χ0) is 19.2. The van der Waals surface area contributed by atoms with Gasteiger partial charge >= 0.3 is 0 Å². The molecule has 3 aromatic rings. The van der Waals surface area contributed by atoms with Gasteiger partial charge in [0.05, 0.1) is 27.4 Å². The van der Waals surface area contributed by atoms with Crippen molar-refractivity contribution in [3.05, 3.63) is 63.9 Å². The van der Waals surface area contributed by atoms with E-state index in [1.165, 1.54) is 16.3 Å². The number of para-hydroxylation sites is 2. The minimum atomic E-state index is -0.206. The molecule has 0 aliphatic heterocycles. The van der Waals surface area contributed by atoms with Gasteiger partial charge in [-0.25, -0.2) is 4.98 Å². The highest BCUT2D eigenvalue weighted by molar-refractivity contribution is 7.99. The number of benzene rings is 2.